The van der Waals surface area contributed by atoms with Crippen LogP contribution in [0.15, 0.2) is 16.6 Å². The highest BCUT2D eigenvalue weighted by atomic mass is 79.9. The van der Waals surface area contributed by atoms with E-state index in [0.29, 0.717) is 5.56 Å². The molecule has 1 aromatic rings. The lowest BCUT2D eigenvalue weighted by Gasteiger charge is -2.05. The summed E-state index contributed by atoms with van der Waals surface area (Å²) in [6, 6.07) is 3.10. The Morgan fingerprint density at radius 1 is 1.55 bits per heavy atom. The normalized spacial score (nSPS) is 10.2. The SMILES string of the molecule is Cc1c(Br)ccc(F)c1CN. The first-order valence-corrected chi connectivity index (χ1v) is 4.09. The van der Waals surface area contributed by atoms with Gasteiger partial charge in [-0.3, -0.25) is 0 Å². The van der Waals surface area contributed by atoms with Gasteiger partial charge in [0, 0.05) is 16.6 Å². The third-order valence-electron chi connectivity index (χ3n) is 1.68. The average Bonchev–Trinajstić information content (AvgIpc) is 1.99. The molecular weight excluding hydrogens is 209 g/mol. The van der Waals surface area contributed by atoms with Gasteiger partial charge in [0.05, 0.1) is 0 Å². The second-order valence-electron chi connectivity index (χ2n) is 2.34. The lowest BCUT2D eigenvalue weighted by Crippen LogP contribution is -2.02. The Balaban J connectivity index is 3.29. The third kappa shape index (κ3) is 1.60. The molecule has 0 aliphatic heterocycles. The van der Waals surface area contributed by atoms with Crippen LogP contribution in [0.4, 0.5) is 4.39 Å². The van der Waals surface area contributed by atoms with E-state index in [1.165, 1.54) is 6.07 Å². The van der Waals surface area contributed by atoms with Gasteiger partial charge in [0.2, 0.25) is 0 Å². The summed E-state index contributed by atoms with van der Waals surface area (Å²) < 4.78 is 13.8. The molecule has 0 spiro atoms. The zero-order valence-corrected chi connectivity index (χ0v) is 7.78. The molecule has 0 atom stereocenters. The number of halogens is 2. The topological polar surface area (TPSA) is 26.0 Å². The van der Waals surface area contributed by atoms with Gasteiger partial charge in [0.15, 0.2) is 0 Å². The van der Waals surface area contributed by atoms with Crippen molar-refractivity contribution < 1.29 is 4.39 Å². The number of hydrogen-bond acceptors (Lipinski definition) is 1. The van der Waals surface area contributed by atoms with Crippen molar-refractivity contribution in [2.24, 2.45) is 5.73 Å². The van der Waals surface area contributed by atoms with E-state index in [9.17, 15) is 4.39 Å². The molecule has 0 aliphatic carbocycles. The summed E-state index contributed by atoms with van der Waals surface area (Å²) in [6.45, 7) is 2.09. The second-order valence-corrected chi connectivity index (χ2v) is 3.19. The van der Waals surface area contributed by atoms with E-state index in [1.807, 2.05) is 6.92 Å². The van der Waals surface area contributed by atoms with Crippen LogP contribution in [0.2, 0.25) is 0 Å². The molecule has 0 amide bonds. The van der Waals surface area contributed by atoms with Gasteiger partial charge in [-0.25, -0.2) is 4.39 Å². The molecule has 1 rings (SSSR count). The van der Waals surface area contributed by atoms with Crippen molar-refractivity contribution >= 4 is 15.9 Å². The summed E-state index contributed by atoms with van der Waals surface area (Å²) in [5.41, 5.74) is 6.82. The molecule has 1 aromatic carbocycles. The minimum atomic E-state index is -0.229. The van der Waals surface area contributed by atoms with E-state index < -0.39 is 0 Å². The smallest absolute Gasteiger partial charge is 0.128 e. The van der Waals surface area contributed by atoms with Crippen molar-refractivity contribution in [1.82, 2.24) is 0 Å². The largest absolute Gasteiger partial charge is 0.326 e. The van der Waals surface area contributed by atoms with Crippen LogP contribution in [0.1, 0.15) is 11.1 Å². The van der Waals surface area contributed by atoms with Gasteiger partial charge < -0.3 is 5.73 Å². The molecule has 60 valence electrons. The lowest BCUT2D eigenvalue weighted by molar-refractivity contribution is 0.608. The molecule has 11 heavy (non-hydrogen) atoms. The van der Waals surface area contributed by atoms with Crippen molar-refractivity contribution in [1.29, 1.82) is 0 Å². The van der Waals surface area contributed by atoms with Gasteiger partial charge in [-0.15, -0.1) is 0 Å². The number of hydrogen-bond donors (Lipinski definition) is 1. The van der Waals surface area contributed by atoms with Gasteiger partial charge in [-0.05, 0) is 24.6 Å². The molecular formula is C8H9BrFN. The number of benzene rings is 1. The Morgan fingerprint density at radius 2 is 2.18 bits per heavy atom. The van der Waals surface area contributed by atoms with Gasteiger partial charge >= 0.3 is 0 Å². The van der Waals surface area contributed by atoms with Crippen LogP contribution in [0, 0.1) is 12.7 Å². The number of nitrogens with two attached hydrogens (primary N) is 1. The van der Waals surface area contributed by atoms with Crippen LogP contribution in [-0.2, 0) is 6.54 Å². The molecule has 0 saturated heterocycles. The maximum absolute atomic E-state index is 12.9. The van der Waals surface area contributed by atoms with Gasteiger partial charge in [0.25, 0.3) is 0 Å². The minimum absolute atomic E-state index is 0.229. The first kappa shape index (κ1) is 8.68. The Labute approximate surface area is 73.5 Å². The maximum atomic E-state index is 12.9. The van der Waals surface area contributed by atoms with Crippen LogP contribution < -0.4 is 5.73 Å². The second kappa shape index (κ2) is 3.32. The summed E-state index contributed by atoms with van der Waals surface area (Å²) in [6.07, 6.45) is 0. The van der Waals surface area contributed by atoms with E-state index in [0.717, 1.165) is 10.0 Å². The van der Waals surface area contributed by atoms with Crippen molar-refractivity contribution in [3.8, 4) is 0 Å². The summed E-state index contributed by atoms with van der Waals surface area (Å²) in [5, 5.41) is 0. The predicted octanol–water partition coefficient (Wildman–Crippen LogP) is 2.36. The maximum Gasteiger partial charge on any atom is 0.128 e. The quantitative estimate of drug-likeness (QED) is 0.769. The van der Waals surface area contributed by atoms with Crippen molar-refractivity contribution in [2.75, 3.05) is 0 Å². The Bertz CT molecular complexity index is 273. The highest BCUT2D eigenvalue weighted by Gasteiger charge is 2.05. The van der Waals surface area contributed by atoms with Crippen LogP contribution in [0.5, 0.6) is 0 Å². The summed E-state index contributed by atoms with van der Waals surface area (Å²) in [5.74, 6) is -0.229. The summed E-state index contributed by atoms with van der Waals surface area (Å²) in [7, 11) is 0. The van der Waals surface area contributed by atoms with E-state index in [1.54, 1.807) is 6.07 Å². The first-order valence-electron chi connectivity index (χ1n) is 3.30. The Kier molecular flexibility index (Phi) is 2.62. The van der Waals surface area contributed by atoms with E-state index in [-0.39, 0.29) is 12.4 Å². The molecule has 0 bridgehead atoms. The standard InChI is InChI=1S/C8H9BrFN/c1-5-6(4-11)8(10)3-2-7(5)9/h2-3H,4,11H2,1H3. The molecule has 0 unspecified atom stereocenters. The molecule has 2 N–H and O–H groups in total. The van der Waals surface area contributed by atoms with Crippen molar-refractivity contribution in [3.05, 3.63) is 33.5 Å². The number of rotatable bonds is 1. The zero-order chi connectivity index (χ0) is 8.43. The molecule has 3 heteroatoms. The van der Waals surface area contributed by atoms with Crippen molar-refractivity contribution in [3.63, 3.8) is 0 Å². The molecule has 0 saturated carbocycles. The van der Waals surface area contributed by atoms with Gasteiger partial charge in [-0.2, -0.15) is 0 Å². The monoisotopic (exact) mass is 217 g/mol. The lowest BCUT2D eigenvalue weighted by atomic mass is 10.1. The summed E-state index contributed by atoms with van der Waals surface area (Å²) in [4.78, 5) is 0. The molecule has 0 aliphatic rings. The molecule has 1 nitrogen and oxygen atoms in total. The highest BCUT2D eigenvalue weighted by molar-refractivity contribution is 9.10. The Hall–Kier alpha value is -0.410. The van der Waals surface area contributed by atoms with Crippen LogP contribution >= 0.6 is 15.9 Å². The molecule has 0 radical (unpaired) electrons. The molecule has 0 fully saturated rings. The molecule has 0 heterocycles. The van der Waals surface area contributed by atoms with E-state index in [2.05, 4.69) is 15.9 Å². The minimum Gasteiger partial charge on any atom is -0.326 e. The van der Waals surface area contributed by atoms with Gasteiger partial charge in [-0.1, -0.05) is 15.9 Å². The third-order valence-corrected chi connectivity index (χ3v) is 2.54. The highest BCUT2D eigenvalue weighted by Crippen LogP contribution is 2.21. The van der Waals surface area contributed by atoms with Crippen molar-refractivity contribution in [2.45, 2.75) is 13.5 Å². The average molecular weight is 218 g/mol. The van der Waals surface area contributed by atoms with Gasteiger partial charge in [0.1, 0.15) is 5.82 Å². The zero-order valence-electron chi connectivity index (χ0n) is 6.20. The Morgan fingerprint density at radius 3 is 2.64 bits per heavy atom. The van der Waals surface area contributed by atoms with E-state index >= 15 is 0 Å². The molecule has 0 aromatic heterocycles. The predicted molar refractivity (Wildman–Crippen MR) is 46.7 cm³/mol. The summed E-state index contributed by atoms with van der Waals surface area (Å²) >= 11 is 3.30. The van der Waals surface area contributed by atoms with Crippen LogP contribution in [-0.4, -0.2) is 0 Å². The fourth-order valence-corrected chi connectivity index (χ4v) is 1.32. The first-order chi connectivity index (χ1) is 5.16. The van der Waals surface area contributed by atoms with Crippen LogP contribution in [0.25, 0.3) is 0 Å². The fraction of sp³-hybridized carbons (Fsp3) is 0.250. The van der Waals surface area contributed by atoms with Crippen LogP contribution in [0.3, 0.4) is 0 Å². The fourth-order valence-electron chi connectivity index (χ4n) is 0.946. The van der Waals surface area contributed by atoms with E-state index in [4.69, 9.17) is 5.73 Å².